The SMILES string of the molecule is CNC(=O)c1cccc(NCC2(C)COC2)c1C. The van der Waals surface area contributed by atoms with Crippen LogP contribution in [0.5, 0.6) is 0 Å². The number of ether oxygens (including phenoxy) is 1. The number of hydrogen-bond donors (Lipinski definition) is 2. The quantitative estimate of drug-likeness (QED) is 0.854. The van der Waals surface area contributed by atoms with E-state index in [0.29, 0.717) is 0 Å². The number of amides is 1. The standard InChI is InChI=1S/C14H20N2O2/c1-10-11(13(17)15-3)5-4-6-12(10)16-7-14(2)8-18-9-14/h4-6,16H,7-9H2,1-3H3,(H,15,17). The maximum absolute atomic E-state index is 11.7. The minimum Gasteiger partial charge on any atom is -0.384 e. The Balaban J connectivity index is 2.10. The molecule has 0 radical (unpaired) electrons. The van der Waals surface area contributed by atoms with E-state index in [1.807, 2.05) is 25.1 Å². The molecule has 2 N–H and O–H groups in total. The third-order valence-corrected chi connectivity index (χ3v) is 3.41. The molecule has 1 saturated heterocycles. The number of hydrogen-bond acceptors (Lipinski definition) is 3. The highest BCUT2D eigenvalue weighted by atomic mass is 16.5. The van der Waals surface area contributed by atoms with Gasteiger partial charge in [0.05, 0.1) is 13.2 Å². The van der Waals surface area contributed by atoms with Crippen molar-refractivity contribution in [2.45, 2.75) is 13.8 Å². The average molecular weight is 248 g/mol. The zero-order chi connectivity index (χ0) is 13.2. The van der Waals surface area contributed by atoms with Crippen LogP contribution in [0.3, 0.4) is 0 Å². The number of anilines is 1. The number of carbonyl (C=O) groups excluding carboxylic acids is 1. The van der Waals surface area contributed by atoms with E-state index in [2.05, 4.69) is 17.6 Å². The van der Waals surface area contributed by atoms with E-state index in [-0.39, 0.29) is 11.3 Å². The van der Waals surface area contributed by atoms with Crippen molar-refractivity contribution in [2.24, 2.45) is 5.41 Å². The molecule has 0 unspecified atom stereocenters. The Labute approximate surface area is 108 Å². The van der Waals surface area contributed by atoms with Gasteiger partial charge in [-0.05, 0) is 24.6 Å². The summed E-state index contributed by atoms with van der Waals surface area (Å²) in [6.07, 6.45) is 0. The average Bonchev–Trinajstić information content (AvgIpc) is 2.34. The summed E-state index contributed by atoms with van der Waals surface area (Å²) in [6, 6.07) is 5.75. The monoisotopic (exact) mass is 248 g/mol. The molecule has 0 spiro atoms. The largest absolute Gasteiger partial charge is 0.384 e. The highest BCUT2D eigenvalue weighted by molar-refractivity contribution is 5.96. The fourth-order valence-electron chi connectivity index (χ4n) is 2.07. The van der Waals surface area contributed by atoms with Crippen LogP contribution in [0.4, 0.5) is 5.69 Å². The maximum atomic E-state index is 11.7. The minimum absolute atomic E-state index is 0.0469. The van der Waals surface area contributed by atoms with Gasteiger partial charge >= 0.3 is 0 Å². The molecule has 0 atom stereocenters. The van der Waals surface area contributed by atoms with E-state index >= 15 is 0 Å². The van der Waals surface area contributed by atoms with Crippen molar-refractivity contribution < 1.29 is 9.53 Å². The Kier molecular flexibility index (Phi) is 3.57. The lowest BCUT2D eigenvalue weighted by molar-refractivity contribution is -0.0924. The molecule has 1 fully saturated rings. The van der Waals surface area contributed by atoms with Gasteiger partial charge in [-0.3, -0.25) is 4.79 Å². The summed E-state index contributed by atoms with van der Waals surface area (Å²) in [4.78, 5) is 11.7. The lowest BCUT2D eigenvalue weighted by Crippen LogP contribution is -2.45. The number of benzene rings is 1. The normalized spacial score (nSPS) is 16.8. The topological polar surface area (TPSA) is 50.4 Å². The predicted octanol–water partition coefficient (Wildman–Crippen LogP) is 1.80. The first-order valence-electron chi connectivity index (χ1n) is 6.19. The first-order valence-corrected chi connectivity index (χ1v) is 6.19. The van der Waals surface area contributed by atoms with Crippen molar-refractivity contribution in [1.82, 2.24) is 5.32 Å². The van der Waals surface area contributed by atoms with Gasteiger partial charge in [0.1, 0.15) is 0 Å². The van der Waals surface area contributed by atoms with E-state index in [0.717, 1.165) is 36.6 Å². The molecular weight excluding hydrogens is 228 g/mol. The fourth-order valence-corrected chi connectivity index (χ4v) is 2.07. The van der Waals surface area contributed by atoms with Crippen molar-refractivity contribution in [2.75, 3.05) is 32.1 Å². The van der Waals surface area contributed by atoms with Crippen LogP contribution in [0.2, 0.25) is 0 Å². The highest BCUT2D eigenvalue weighted by Crippen LogP contribution is 2.28. The van der Waals surface area contributed by atoms with Gasteiger partial charge in [-0.2, -0.15) is 0 Å². The maximum Gasteiger partial charge on any atom is 0.251 e. The van der Waals surface area contributed by atoms with Gasteiger partial charge in [0.15, 0.2) is 0 Å². The Morgan fingerprint density at radius 1 is 1.44 bits per heavy atom. The molecule has 1 heterocycles. The summed E-state index contributed by atoms with van der Waals surface area (Å²) in [5.41, 5.74) is 2.94. The second kappa shape index (κ2) is 4.98. The molecule has 1 aliphatic heterocycles. The summed E-state index contributed by atoms with van der Waals surface area (Å²) < 4.78 is 5.23. The predicted molar refractivity (Wildman–Crippen MR) is 72.0 cm³/mol. The molecule has 2 rings (SSSR count). The van der Waals surface area contributed by atoms with Crippen LogP contribution in [-0.2, 0) is 4.74 Å². The molecule has 4 nitrogen and oxygen atoms in total. The second-order valence-corrected chi connectivity index (χ2v) is 5.21. The molecule has 0 saturated carbocycles. The van der Waals surface area contributed by atoms with Crippen LogP contribution in [0.1, 0.15) is 22.8 Å². The number of carbonyl (C=O) groups is 1. The van der Waals surface area contributed by atoms with E-state index < -0.39 is 0 Å². The molecule has 98 valence electrons. The number of nitrogens with one attached hydrogen (secondary N) is 2. The summed E-state index contributed by atoms with van der Waals surface area (Å²) in [7, 11) is 1.65. The van der Waals surface area contributed by atoms with Crippen molar-refractivity contribution in [1.29, 1.82) is 0 Å². The van der Waals surface area contributed by atoms with Crippen molar-refractivity contribution in [3.63, 3.8) is 0 Å². The highest BCUT2D eigenvalue weighted by Gasteiger charge is 2.33. The Bertz CT molecular complexity index is 453. The Hall–Kier alpha value is -1.55. The molecule has 18 heavy (non-hydrogen) atoms. The summed E-state index contributed by atoms with van der Waals surface area (Å²) >= 11 is 0. The van der Waals surface area contributed by atoms with E-state index in [9.17, 15) is 4.79 Å². The third-order valence-electron chi connectivity index (χ3n) is 3.41. The molecule has 0 bridgehead atoms. The number of rotatable bonds is 4. The minimum atomic E-state index is -0.0469. The van der Waals surface area contributed by atoms with Crippen LogP contribution in [0, 0.1) is 12.3 Å². The molecule has 0 aromatic heterocycles. The first kappa shape index (κ1) is 12.9. The van der Waals surface area contributed by atoms with Gasteiger partial charge in [-0.25, -0.2) is 0 Å². The van der Waals surface area contributed by atoms with Gasteiger partial charge in [0, 0.05) is 30.3 Å². The van der Waals surface area contributed by atoms with Crippen molar-refractivity contribution in [3.05, 3.63) is 29.3 Å². The van der Waals surface area contributed by atoms with Gasteiger partial charge in [0.25, 0.3) is 5.91 Å². The van der Waals surface area contributed by atoms with Gasteiger partial charge in [0.2, 0.25) is 0 Å². The third kappa shape index (κ3) is 2.48. The van der Waals surface area contributed by atoms with E-state index in [4.69, 9.17) is 4.74 Å². The molecule has 1 aromatic rings. The van der Waals surface area contributed by atoms with Crippen LogP contribution in [-0.4, -0.2) is 32.7 Å². The van der Waals surface area contributed by atoms with Crippen LogP contribution in [0.15, 0.2) is 18.2 Å². The van der Waals surface area contributed by atoms with Crippen LogP contribution in [0.25, 0.3) is 0 Å². The smallest absolute Gasteiger partial charge is 0.251 e. The van der Waals surface area contributed by atoms with Crippen LogP contribution < -0.4 is 10.6 Å². The summed E-state index contributed by atoms with van der Waals surface area (Å²) in [6.45, 7) is 6.63. The molecule has 1 amide bonds. The molecular formula is C14H20N2O2. The molecule has 1 aliphatic rings. The molecule has 4 heteroatoms. The Morgan fingerprint density at radius 2 is 2.17 bits per heavy atom. The van der Waals surface area contributed by atoms with Crippen LogP contribution >= 0.6 is 0 Å². The summed E-state index contributed by atoms with van der Waals surface area (Å²) in [5.74, 6) is -0.0469. The van der Waals surface area contributed by atoms with E-state index in [1.165, 1.54) is 0 Å². The zero-order valence-electron chi connectivity index (χ0n) is 11.2. The zero-order valence-corrected chi connectivity index (χ0v) is 11.2. The second-order valence-electron chi connectivity index (χ2n) is 5.21. The lowest BCUT2D eigenvalue weighted by atomic mass is 9.88. The molecule has 1 aromatic carbocycles. The van der Waals surface area contributed by atoms with Gasteiger partial charge in [-0.1, -0.05) is 13.0 Å². The van der Waals surface area contributed by atoms with E-state index in [1.54, 1.807) is 7.05 Å². The summed E-state index contributed by atoms with van der Waals surface area (Å²) in [5, 5.41) is 6.07. The molecule has 0 aliphatic carbocycles. The van der Waals surface area contributed by atoms with Gasteiger partial charge in [-0.15, -0.1) is 0 Å². The van der Waals surface area contributed by atoms with Gasteiger partial charge < -0.3 is 15.4 Å². The fraction of sp³-hybridized carbons (Fsp3) is 0.500. The Morgan fingerprint density at radius 3 is 2.72 bits per heavy atom. The first-order chi connectivity index (χ1) is 8.56. The van der Waals surface area contributed by atoms with Crippen molar-refractivity contribution >= 4 is 11.6 Å². The van der Waals surface area contributed by atoms with Crippen molar-refractivity contribution in [3.8, 4) is 0 Å². The lowest BCUT2D eigenvalue weighted by Gasteiger charge is -2.38.